The summed E-state index contributed by atoms with van der Waals surface area (Å²) in [5.41, 5.74) is 2.25. The monoisotopic (exact) mass is 994 g/mol. The third kappa shape index (κ3) is 12.5. The average molecular weight is 995 g/mol. The average Bonchev–Trinajstić information content (AvgIpc) is 3.38. The highest BCUT2D eigenvalue weighted by Gasteiger charge is 2.32. The summed E-state index contributed by atoms with van der Waals surface area (Å²) in [6.45, 7) is 8.63. The van der Waals surface area contributed by atoms with Crippen LogP contribution in [0.2, 0.25) is 0 Å². The molecule has 4 aliphatic heterocycles. The lowest BCUT2D eigenvalue weighted by molar-refractivity contribution is -0.134. The first kappa shape index (κ1) is 50.3. The van der Waals surface area contributed by atoms with Gasteiger partial charge in [-0.05, 0) is 59.7 Å². The molecule has 4 aliphatic rings. The smallest absolute Gasteiger partial charge is 0.379 e. The normalized spacial score (nSPS) is 17.9. The summed E-state index contributed by atoms with van der Waals surface area (Å²) in [7, 11) is 0. The fraction of sp³-hybridized carbons (Fsp3) is 0.442. The van der Waals surface area contributed by atoms with Gasteiger partial charge in [-0.25, -0.2) is 14.5 Å². The number of hydrogen-bond donors (Lipinski definition) is 2. The van der Waals surface area contributed by atoms with Crippen molar-refractivity contribution in [2.45, 2.75) is 31.9 Å². The van der Waals surface area contributed by atoms with Crippen LogP contribution in [-0.2, 0) is 27.2 Å². The fourth-order valence-corrected chi connectivity index (χ4v) is 10.1. The van der Waals surface area contributed by atoms with Crippen LogP contribution in [0.4, 0.5) is 23.2 Å². The maximum Gasteiger partial charge on any atom is 0.393 e. The molecule has 0 atom stereocenters. The molecule has 6 heterocycles. The van der Waals surface area contributed by atoms with E-state index in [4.69, 9.17) is 4.74 Å². The van der Waals surface area contributed by atoms with E-state index in [9.17, 15) is 37.1 Å². The molecule has 9 rings (SSSR count). The Balaban J connectivity index is 0.730. The highest BCUT2D eigenvalue weighted by molar-refractivity contribution is 6.03. The van der Waals surface area contributed by atoms with Crippen molar-refractivity contribution in [3.63, 3.8) is 0 Å². The van der Waals surface area contributed by atoms with E-state index in [1.54, 1.807) is 51.1 Å². The molecule has 4 saturated heterocycles. The van der Waals surface area contributed by atoms with E-state index in [-0.39, 0.29) is 78.4 Å². The summed E-state index contributed by atoms with van der Waals surface area (Å²) in [4.78, 5) is 82.8. The number of pyridine rings is 1. The molecule has 2 aromatic heterocycles. The van der Waals surface area contributed by atoms with Crippen molar-refractivity contribution >= 4 is 40.1 Å². The maximum atomic E-state index is 15.1. The standard InChI is InChI=1S/C52H58F4N10O6/c53-43-9-8-36(28-44-40-6-1-2-7-41(40)49(69)60-59-44)27-42(43)50(70)66-20-18-64(19-21-66)47(68)34-62-16-14-61(15-17-62)32-35-10-12-65(13-11-35)51(71)48-45(58-46(67)33-63-22-24-72-25-23-63)29-39(31-57-48)38-5-3-4-37(26-38)30-52(54,55)56/h1-9,26-27,29,31,35H,10-25,28,30,32-34H2,(H,58,67)(H,60,69). The van der Waals surface area contributed by atoms with Crippen LogP contribution in [-0.4, -0.2) is 186 Å². The molecular formula is C52H58F4N10O6. The van der Waals surface area contributed by atoms with E-state index in [2.05, 4.69) is 30.3 Å². The highest BCUT2D eigenvalue weighted by atomic mass is 19.4. The van der Waals surface area contributed by atoms with Gasteiger partial charge >= 0.3 is 6.18 Å². The zero-order chi connectivity index (χ0) is 50.4. The minimum absolute atomic E-state index is 0.0134. The van der Waals surface area contributed by atoms with Crippen molar-refractivity contribution in [2.75, 3.05) is 117 Å². The number of benzene rings is 3. The Labute approximate surface area is 413 Å². The SMILES string of the molecule is O=C(CN1CCOCC1)Nc1cc(-c2cccc(CC(F)(F)F)c2)cnc1C(=O)N1CCC(CN2CCN(CC(=O)N3CCN(C(=O)c4cc(Cc5n[nH]c(=O)c6ccccc56)ccc4F)CC3)CC2)CC1. The molecule has 0 saturated carbocycles. The number of fused-ring (bicyclic) bond motifs is 1. The van der Waals surface area contributed by atoms with Gasteiger partial charge in [0.2, 0.25) is 11.8 Å². The van der Waals surface area contributed by atoms with Crippen molar-refractivity contribution < 1.29 is 41.5 Å². The van der Waals surface area contributed by atoms with Crippen LogP contribution < -0.4 is 10.9 Å². The number of hydrogen-bond acceptors (Lipinski definition) is 11. The number of ether oxygens (including phenoxy) is 1. The fourth-order valence-electron chi connectivity index (χ4n) is 10.1. The van der Waals surface area contributed by atoms with Gasteiger partial charge < -0.3 is 29.7 Å². The van der Waals surface area contributed by atoms with Gasteiger partial charge in [-0.15, -0.1) is 0 Å². The van der Waals surface area contributed by atoms with Crippen LogP contribution in [0, 0.1) is 11.7 Å². The molecule has 0 spiro atoms. The molecule has 5 aromatic rings. The lowest BCUT2D eigenvalue weighted by atomic mass is 9.95. The van der Waals surface area contributed by atoms with Crippen LogP contribution in [0.15, 0.2) is 83.8 Å². The molecule has 0 unspecified atom stereocenters. The Bertz CT molecular complexity index is 2830. The number of morpholine rings is 1. The minimum Gasteiger partial charge on any atom is -0.379 e. The second-order valence-corrected chi connectivity index (χ2v) is 19.1. The molecule has 20 heteroatoms. The molecule has 2 N–H and O–H groups in total. The van der Waals surface area contributed by atoms with Crippen molar-refractivity contribution in [2.24, 2.45) is 5.92 Å². The van der Waals surface area contributed by atoms with Crippen molar-refractivity contribution in [1.29, 1.82) is 0 Å². The first-order valence-corrected chi connectivity index (χ1v) is 24.5. The van der Waals surface area contributed by atoms with Crippen molar-refractivity contribution in [3.05, 3.63) is 123 Å². The summed E-state index contributed by atoms with van der Waals surface area (Å²) in [6, 6.07) is 19.2. The van der Waals surface area contributed by atoms with E-state index in [0.29, 0.717) is 91.6 Å². The first-order valence-electron chi connectivity index (χ1n) is 24.5. The number of piperazine rings is 2. The number of carbonyl (C=O) groups is 4. The van der Waals surface area contributed by atoms with E-state index < -0.39 is 24.3 Å². The molecule has 3 aromatic carbocycles. The van der Waals surface area contributed by atoms with E-state index in [1.165, 1.54) is 30.5 Å². The van der Waals surface area contributed by atoms with Gasteiger partial charge in [0.25, 0.3) is 17.4 Å². The molecule has 4 fully saturated rings. The van der Waals surface area contributed by atoms with E-state index in [0.717, 1.165) is 45.6 Å². The number of likely N-dealkylation sites (tertiary alicyclic amines) is 1. The predicted molar refractivity (Wildman–Crippen MR) is 261 cm³/mol. The van der Waals surface area contributed by atoms with Crippen molar-refractivity contribution in [3.8, 4) is 11.1 Å². The third-order valence-corrected chi connectivity index (χ3v) is 14.1. The highest BCUT2D eigenvalue weighted by Crippen LogP contribution is 2.30. The number of H-pyrrole nitrogens is 1. The quantitative estimate of drug-likeness (QED) is 0.159. The lowest BCUT2D eigenvalue weighted by Crippen LogP contribution is -2.55. The van der Waals surface area contributed by atoms with Crippen LogP contribution in [0.3, 0.4) is 0 Å². The summed E-state index contributed by atoms with van der Waals surface area (Å²) in [5.74, 6) is -1.41. The first-order chi connectivity index (χ1) is 34.7. The van der Waals surface area contributed by atoms with E-state index >= 15 is 4.39 Å². The van der Waals surface area contributed by atoms with Crippen LogP contribution in [0.25, 0.3) is 21.9 Å². The largest absolute Gasteiger partial charge is 0.393 e. The number of carbonyl (C=O) groups excluding carboxylic acids is 4. The number of alkyl halides is 3. The van der Waals surface area contributed by atoms with Gasteiger partial charge in [0.15, 0.2) is 5.69 Å². The zero-order valence-corrected chi connectivity index (χ0v) is 40.0. The number of piperidine rings is 1. The van der Waals surface area contributed by atoms with Gasteiger partial charge in [0.05, 0.1) is 55.1 Å². The second kappa shape index (κ2) is 22.4. The molecule has 0 aliphatic carbocycles. The third-order valence-electron chi connectivity index (χ3n) is 14.1. The number of nitrogens with one attached hydrogen (secondary N) is 2. The second-order valence-electron chi connectivity index (χ2n) is 19.1. The van der Waals surface area contributed by atoms with Gasteiger partial charge in [0, 0.05) is 109 Å². The maximum absolute atomic E-state index is 15.1. The molecule has 16 nitrogen and oxygen atoms in total. The predicted octanol–water partition coefficient (Wildman–Crippen LogP) is 4.54. The lowest BCUT2D eigenvalue weighted by Gasteiger charge is -2.40. The Morgan fingerprint density at radius 2 is 1.38 bits per heavy atom. The number of nitrogens with zero attached hydrogens (tertiary/aromatic N) is 8. The number of anilines is 1. The van der Waals surface area contributed by atoms with Gasteiger partial charge in [-0.2, -0.15) is 18.3 Å². The number of aromatic nitrogens is 3. The number of rotatable bonds is 13. The topological polar surface area (TPSA) is 168 Å². The molecule has 4 amide bonds. The molecule has 0 bridgehead atoms. The summed E-state index contributed by atoms with van der Waals surface area (Å²) in [5, 5.41) is 10.8. The summed E-state index contributed by atoms with van der Waals surface area (Å²) in [6.07, 6.45) is -2.17. The van der Waals surface area contributed by atoms with Gasteiger partial charge in [-0.3, -0.25) is 33.8 Å². The van der Waals surface area contributed by atoms with E-state index in [1.807, 2.05) is 17.0 Å². The molecule has 72 heavy (non-hydrogen) atoms. The van der Waals surface area contributed by atoms with Gasteiger partial charge in [0.1, 0.15) is 5.82 Å². The van der Waals surface area contributed by atoms with Gasteiger partial charge in [-0.1, -0.05) is 48.5 Å². The van der Waals surface area contributed by atoms with Crippen LogP contribution >= 0.6 is 0 Å². The van der Waals surface area contributed by atoms with Crippen LogP contribution in [0.5, 0.6) is 0 Å². The number of halogens is 4. The Kier molecular flexibility index (Phi) is 15.7. The summed E-state index contributed by atoms with van der Waals surface area (Å²) < 4.78 is 60.2. The minimum atomic E-state index is -4.38. The Hall–Kier alpha value is -6.61. The zero-order valence-electron chi connectivity index (χ0n) is 40.0. The molecular weight excluding hydrogens is 937 g/mol. The molecule has 0 radical (unpaired) electrons. The number of aromatic amines is 1. The summed E-state index contributed by atoms with van der Waals surface area (Å²) >= 11 is 0. The Morgan fingerprint density at radius 3 is 2.11 bits per heavy atom. The Morgan fingerprint density at radius 1 is 0.694 bits per heavy atom. The number of amides is 4. The van der Waals surface area contributed by atoms with Crippen molar-refractivity contribution in [1.82, 2.24) is 44.6 Å². The molecule has 380 valence electrons. The van der Waals surface area contributed by atoms with Crippen LogP contribution in [0.1, 0.15) is 50.5 Å².